The van der Waals surface area contributed by atoms with E-state index >= 15 is 0 Å². The lowest BCUT2D eigenvalue weighted by atomic mass is 9.93. The summed E-state index contributed by atoms with van der Waals surface area (Å²) in [4.78, 5) is 9.17. The Kier molecular flexibility index (Phi) is 3.15. The van der Waals surface area contributed by atoms with Crippen molar-refractivity contribution in [2.75, 3.05) is 5.32 Å². The normalized spacial score (nSPS) is 15.1. The molecule has 4 rings (SSSR count). The predicted molar refractivity (Wildman–Crippen MR) is 87.4 cm³/mol. The standard InChI is InChI=1S/C16H15BrN4/c17-11-7-8-16-18-9-14(21(16)10-11)13-5-2-6-15(20-13)19-12-3-1-4-12/h2,5-10,12H,1,3-4H2,(H,19,20). The molecule has 0 radical (unpaired) electrons. The molecule has 0 unspecified atom stereocenters. The average Bonchev–Trinajstić information content (AvgIpc) is 2.86. The number of nitrogens with zero attached hydrogens (tertiary/aromatic N) is 3. The van der Waals surface area contributed by atoms with Crippen molar-refractivity contribution in [2.24, 2.45) is 0 Å². The molecule has 1 saturated carbocycles. The quantitative estimate of drug-likeness (QED) is 0.778. The van der Waals surface area contributed by atoms with Crippen molar-refractivity contribution in [3.05, 3.63) is 47.2 Å². The maximum absolute atomic E-state index is 4.73. The molecule has 0 saturated heterocycles. The van der Waals surface area contributed by atoms with Gasteiger partial charge in [-0.25, -0.2) is 9.97 Å². The highest BCUT2D eigenvalue weighted by atomic mass is 79.9. The zero-order chi connectivity index (χ0) is 14.2. The molecule has 0 aliphatic heterocycles. The van der Waals surface area contributed by atoms with Gasteiger partial charge in [0.15, 0.2) is 0 Å². The van der Waals surface area contributed by atoms with Crippen LogP contribution in [0.1, 0.15) is 19.3 Å². The van der Waals surface area contributed by atoms with E-state index in [2.05, 4.69) is 30.6 Å². The minimum Gasteiger partial charge on any atom is -0.367 e. The van der Waals surface area contributed by atoms with Crippen molar-refractivity contribution >= 4 is 27.4 Å². The number of fused-ring (bicyclic) bond motifs is 1. The number of aromatic nitrogens is 3. The number of rotatable bonds is 3. The third kappa shape index (κ3) is 2.42. The molecule has 5 heteroatoms. The van der Waals surface area contributed by atoms with Gasteiger partial charge in [0.05, 0.1) is 17.6 Å². The molecule has 1 fully saturated rings. The number of nitrogens with one attached hydrogen (secondary N) is 1. The first-order valence-corrected chi connectivity index (χ1v) is 7.95. The van der Waals surface area contributed by atoms with Gasteiger partial charge in [-0.05, 0) is 59.5 Å². The summed E-state index contributed by atoms with van der Waals surface area (Å²) < 4.78 is 3.08. The summed E-state index contributed by atoms with van der Waals surface area (Å²) in [5, 5.41) is 3.49. The van der Waals surface area contributed by atoms with E-state index in [9.17, 15) is 0 Å². The number of imidazole rings is 1. The van der Waals surface area contributed by atoms with E-state index in [1.807, 2.05) is 42.7 Å². The maximum atomic E-state index is 4.73. The van der Waals surface area contributed by atoms with Crippen LogP contribution in [0.15, 0.2) is 47.2 Å². The second kappa shape index (κ2) is 5.15. The van der Waals surface area contributed by atoms with Crippen LogP contribution in [-0.4, -0.2) is 20.4 Å². The Morgan fingerprint density at radius 1 is 1.19 bits per heavy atom. The molecule has 1 aliphatic carbocycles. The molecule has 1 N–H and O–H groups in total. The van der Waals surface area contributed by atoms with Crippen molar-refractivity contribution < 1.29 is 0 Å². The summed E-state index contributed by atoms with van der Waals surface area (Å²) in [6.07, 6.45) is 7.70. The molecule has 0 spiro atoms. The number of pyridine rings is 2. The first kappa shape index (κ1) is 12.8. The minimum absolute atomic E-state index is 0.587. The van der Waals surface area contributed by atoms with Crippen LogP contribution < -0.4 is 5.32 Å². The summed E-state index contributed by atoms with van der Waals surface area (Å²) in [5.41, 5.74) is 2.86. The molecule has 1 aliphatic rings. The highest BCUT2D eigenvalue weighted by Gasteiger charge is 2.17. The van der Waals surface area contributed by atoms with Gasteiger partial charge in [-0.15, -0.1) is 0 Å². The van der Waals surface area contributed by atoms with Crippen molar-refractivity contribution in [2.45, 2.75) is 25.3 Å². The summed E-state index contributed by atoms with van der Waals surface area (Å²) in [5.74, 6) is 0.946. The second-order valence-corrected chi connectivity index (χ2v) is 6.31. The fourth-order valence-electron chi connectivity index (χ4n) is 2.56. The van der Waals surface area contributed by atoms with E-state index < -0.39 is 0 Å². The number of hydrogen-bond acceptors (Lipinski definition) is 3. The Morgan fingerprint density at radius 3 is 2.90 bits per heavy atom. The van der Waals surface area contributed by atoms with Gasteiger partial charge in [-0.2, -0.15) is 0 Å². The Balaban J connectivity index is 1.73. The molecule has 0 amide bonds. The highest BCUT2D eigenvalue weighted by molar-refractivity contribution is 9.10. The average molecular weight is 343 g/mol. The molecule has 3 heterocycles. The second-order valence-electron chi connectivity index (χ2n) is 5.40. The Bertz CT molecular complexity index is 792. The Morgan fingerprint density at radius 2 is 2.10 bits per heavy atom. The van der Waals surface area contributed by atoms with Crippen LogP contribution in [0.25, 0.3) is 17.0 Å². The van der Waals surface area contributed by atoms with E-state index in [1.165, 1.54) is 19.3 Å². The fourth-order valence-corrected chi connectivity index (χ4v) is 2.90. The molecule has 4 nitrogen and oxygen atoms in total. The zero-order valence-corrected chi connectivity index (χ0v) is 13.0. The first-order chi connectivity index (χ1) is 10.3. The van der Waals surface area contributed by atoms with Gasteiger partial charge < -0.3 is 5.32 Å². The maximum Gasteiger partial charge on any atom is 0.137 e. The van der Waals surface area contributed by atoms with Gasteiger partial charge in [0.2, 0.25) is 0 Å². The molecule has 0 atom stereocenters. The number of hydrogen-bond donors (Lipinski definition) is 1. The van der Waals surface area contributed by atoms with Crippen molar-refractivity contribution in [1.82, 2.24) is 14.4 Å². The van der Waals surface area contributed by atoms with Crippen LogP contribution in [-0.2, 0) is 0 Å². The summed E-state index contributed by atoms with van der Waals surface area (Å²) in [6.45, 7) is 0. The molecule has 0 bridgehead atoms. The highest BCUT2D eigenvalue weighted by Crippen LogP contribution is 2.25. The van der Waals surface area contributed by atoms with E-state index in [-0.39, 0.29) is 0 Å². The van der Waals surface area contributed by atoms with E-state index in [0.717, 1.165) is 27.3 Å². The lowest BCUT2D eigenvalue weighted by molar-refractivity contribution is 0.444. The Hall–Kier alpha value is -1.88. The molecule has 106 valence electrons. The van der Waals surface area contributed by atoms with Crippen LogP contribution in [0.3, 0.4) is 0 Å². The van der Waals surface area contributed by atoms with Crippen LogP contribution in [0.5, 0.6) is 0 Å². The minimum atomic E-state index is 0.587. The van der Waals surface area contributed by atoms with Crippen LogP contribution in [0, 0.1) is 0 Å². The van der Waals surface area contributed by atoms with Gasteiger partial charge in [0, 0.05) is 16.7 Å². The number of halogens is 1. The van der Waals surface area contributed by atoms with E-state index in [4.69, 9.17) is 4.98 Å². The summed E-state index contributed by atoms with van der Waals surface area (Å²) in [7, 11) is 0. The lowest BCUT2D eigenvalue weighted by Crippen LogP contribution is -2.27. The van der Waals surface area contributed by atoms with Crippen molar-refractivity contribution in [3.63, 3.8) is 0 Å². The predicted octanol–water partition coefficient (Wildman–Crippen LogP) is 4.12. The number of anilines is 1. The summed E-state index contributed by atoms with van der Waals surface area (Å²) in [6, 6.07) is 10.7. The van der Waals surface area contributed by atoms with Gasteiger partial charge in [0.1, 0.15) is 11.5 Å². The molecule has 3 aromatic rings. The topological polar surface area (TPSA) is 42.2 Å². The smallest absolute Gasteiger partial charge is 0.137 e. The van der Waals surface area contributed by atoms with Gasteiger partial charge >= 0.3 is 0 Å². The van der Waals surface area contributed by atoms with Gasteiger partial charge in [-0.1, -0.05) is 6.07 Å². The van der Waals surface area contributed by atoms with Crippen LogP contribution in [0.4, 0.5) is 5.82 Å². The van der Waals surface area contributed by atoms with Crippen molar-refractivity contribution in [3.8, 4) is 11.4 Å². The largest absolute Gasteiger partial charge is 0.367 e. The molecular formula is C16H15BrN4. The SMILES string of the molecule is Brc1ccc2ncc(-c3cccc(NC4CCC4)n3)n2c1. The summed E-state index contributed by atoms with van der Waals surface area (Å²) >= 11 is 3.51. The first-order valence-electron chi connectivity index (χ1n) is 7.16. The van der Waals surface area contributed by atoms with E-state index in [1.54, 1.807) is 0 Å². The molecule has 3 aromatic heterocycles. The lowest BCUT2D eigenvalue weighted by Gasteiger charge is -2.27. The third-order valence-electron chi connectivity index (χ3n) is 3.94. The molecule has 0 aromatic carbocycles. The molecule has 21 heavy (non-hydrogen) atoms. The molecular weight excluding hydrogens is 328 g/mol. The zero-order valence-electron chi connectivity index (χ0n) is 11.5. The van der Waals surface area contributed by atoms with Gasteiger partial charge in [-0.3, -0.25) is 4.40 Å². The van der Waals surface area contributed by atoms with E-state index in [0.29, 0.717) is 6.04 Å². The van der Waals surface area contributed by atoms with Crippen LogP contribution >= 0.6 is 15.9 Å². The fraction of sp³-hybridized carbons (Fsp3) is 0.250. The third-order valence-corrected chi connectivity index (χ3v) is 4.41. The monoisotopic (exact) mass is 342 g/mol. The van der Waals surface area contributed by atoms with Crippen LogP contribution in [0.2, 0.25) is 0 Å². The van der Waals surface area contributed by atoms with Crippen molar-refractivity contribution in [1.29, 1.82) is 0 Å². The van der Waals surface area contributed by atoms with Gasteiger partial charge in [0.25, 0.3) is 0 Å². The Labute approximate surface area is 131 Å².